The van der Waals surface area contributed by atoms with Crippen LogP contribution in [0.2, 0.25) is 10.2 Å². The first-order valence-corrected chi connectivity index (χ1v) is 13.0. The average molecular weight is 568 g/mol. The van der Waals surface area contributed by atoms with Crippen molar-refractivity contribution in [2.24, 2.45) is 0 Å². The van der Waals surface area contributed by atoms with Crippen molar-refractivity contribution in [1.82, 2.24) is 40.0 Å². The van der Waals surface area contributed by atoms with Crippen LogP contribution >= 0.6 is 23.2 Å². The highest BCUT2D eigenvalue weighted by Crippen LogP contribution is 2.44. The van der Waals surface area contributed by atoms with Crippen LogP contribution in [-0.2, 0) is 24.3 Å². The Hall–Kier alpha value is -3.80. The smallest absolute Gasteiger partial charge is 0.294 e. The molecule has 1 saturated carbocycles. The lowest BCUT2D eigenvalue weighted by Gasteiger charge is -2.23. The molecule has 1 aliphatic carbocycles. The van der Waals surface area contributed by atoms with E-state index in [0.29, 0.717) is 16.3 Å². The molecule has 0 spiro atoms. The van der Waals surface area contributed by atoms with E-state index in [0.717, 1.165) is 18.4 Å². The lowest BCUT2D eigenvalue weighted by atomic mass is 10.0. The van der Waals surface area contributed by atoms with Crippen LogP contribution in [0.25, 0.3) is 5.69 Å². The number of anilines is 1. The molecular formula is C26H27Cl2N9O2. The maximum Gasteiger partial charge on any atom is 0.294 e. The molecule has 0 saturated heterocycles. The van der Waals surface area contributed by atoms with E-state index in [4.69, 9.17) is 23.2 Å². The number of likely N-dealkylation sites (N-methyl/N-ethyl adjacent to an activating group) is 1. The molecule has 2 aromatic carbocycles. The Balaban J connectivity index is 1.32. The number of nitrogens with one attached hydrogen (secondary N) is 2. The minimum atomic E-state index is -0.466. The summed E-state index contributed by atoms with van der Waals surface area (Å²) in [7, 11) is 4.03. The van der Waals surface area contributed by atoms with Gasteiger partial charge in [0, 0.05) is 17.6 Å². The van der Waals surface area contributed by atoms with Crippen molar-refractivity contribution in [2.75, 3.05) is 19.4 Å². The molecular weight excluding hydrogens is 541 g/mol. The van der Waals surface area contributed by atoms with Gasteiger partial charge in [0.15, 0.2) is 5.82 Å². The molecule has 0 radical (unpaired) electrons. The van der Waals surface area contributed by atoms with Gasteiger partial charge in [0.25, 0.3) is 5.56 Å². The Labute approximate surface area is 234 Å². The van der Waals surface area contributed by atoms with E-state index in [9.17, 15) is 9.59 Å². The van der Waals surface area contributed by atoms with Crippen molar-refractivity contribution in [3.8, 4) is 5.69 Å². The fourth-order valence-corrected chi connectivity index (χ4v) is 5.19. The predicted molar refractivity (Wildman–Crippen MR) is 148 cm³/mol. The Morgan fingerprint density at radius 2 is 1.97 bits per heavy atom. The van der Waals surface area contributed by atoms with Crippen LogP contribution in [0, 0.1) is 0 Å². The number of carbonyl (C=O) groups excluding carboxylic acids is 1. The van der Waals surface area contributed by atoms with Gasteiger partial charge in [-0.1, -0.05) is 53.5 Å². The summed E-state index contributed by atoms with van der Waals surface area (Å²) in [6.45, 7) is -0.139. The standard InChI is InChI=1S/C26H27Cl2N9O2/c1-35(2)21-12-26(21,11-17-6-4-3-5-7-17)32-24-25(39)36(22(28)14-30-24)15-23(38)29-13-18-10-19(27)8-9-20(18)37-16-31-33-34-37/h3-10,14,16,21H,11-13,15H2,1-2H3,(H,29,38)(H,30,32)/t21-,26?/m0/s1. The number of tetrazole rings is 1. The van der Waals surface area contributed by atoms with E-state index in [-0.39, 0.29) is 35.6 Å². The number of carbonyl (C=O) groups is 1. The third-order valence-corrected chi connectivity index (χ3v) is 7.35. The van der Waals surface area contributed by atoms with Crippen molar-refractivity contribution in [2.45, 2.75) is 37.5 Å². The van der Waals surface area contributed by atoms with Gasteiger partial charge in [-0.3, -0.25) is 14.2 Å². The minimum absolute atomic E-state index is 0.0647. The number of benzene rings is 2. The van der Waals surface area contributed by atoms with Gasteiger partial charge in [0.2, 0.25) is 5.91 Å². The Morgan fingerprint density at radius 3 is 2.67 bits per heavy atom. The first-order valence-electron chi connectivity index (χ1n) is 12.3. The number of amides is 1. The molecule has 13 heteroatoms. The summed E-state index contributed by atoms with van der Waals surface area (Å²) in [4.78, 5) is 32.7. The van der Waals surface area contributed by atoms with Gasteiger partial charge >= 0.3 is 0 Å². The molecule has 2 atom stereocenters. The Morgan fingerprint density at radius 1 is 1.18 bits per heavy atom. The molecule has 11 nitrogen and oxygen atoms in total. The molecule has 2 heterocycles. The maximum atomic E-state index is 13.4. The van der Waals surface area contributed by atoms with Gasteiger partial charge in [-0.05, 0) is 66.7 Å². The van der Waals surface area contributed by atoms with E-state index >= 15 is 0 Å². The van der Waals surface area contributed by atoms with Gasteiger partial charge in [0.05, 0.1) is 17.4 Å². The van der Waals surface area contributed by atoms with Crippen molar-refractivity contribution in [3.05, 3.63) is 92.7 Å². The van der Waals surface area contributed by atoms with E-state index in [1.807, 2.05) is 32.3 Å². The number of hydrogen-bond donors (Lipinski definition) is 2. The van der Waals surface area contributed by atoms with Crippen LogP contribution < -0.4 is 16.2 Å². The van der Waals surface area contributed by atoms with Crippen molar-refractivity contribution in [3.63, 3.8) is 0 Å². The van der Waals surface area contributed by atoms with Crippen molar-refractivity contribution in [1.29, 1.82) is 0 Å². The van der Waals surface area contributed by atoms with Crippen LogP contribution in [0.15, 0.2) is 65.8 Å². The second-order valence-corrected chi connectivity index (χ2v) is 10.6. The summed E-state index contributed by atoms with van der Waals surface area (Å²) in [6.07, 6.45) is 4.41. The average Bonchev–Trinajstić information content (AvgIpc) is 3.34. The summed E-state index contributed by atoms with van der Waals surface area (Å²) in [5.74, 6) is -0.251. The van der Waals surface area contributed by atoms with E-state index in [1.54, 1.807) is 18.2 Å². The summed E-state index contributed by atoms with van der Waals surface area (Å²) in [6, 6.07) is 15.5. The minimum Gasteiger partial charge on any atom is -0.358 e. The molecule has 2 N–H and O–H groups in total. The SMILES string of the molecule is CN(C)[C@H]1CC1(Cc1ccccc1)Nc1ncc(Cl)n(CC(=O)NCc2cc(Cl)ccc2-n2cnnn2)c1=O. The van der Waals surface area contributed by atoms with Crippen LogP contribution in [-0.4, -0.2) is 66.2 Å². The van der Waals surface area contributed by atoms with Crippen LogP contribution in [0.1, 0.15) is 17.5 Å². The normalized spacial score (nSPS) is 18.2. The second kappa shape index (κ2) is 11.1. The molecule has 4 aromatic rings. The molecule has 39 heavy (non-hydrogen) atoms. The second-order valence-electron chi connectivity index (χ2n) is 9.75. The number of rotatable bonds is 10. The highest BCUT2D eigenvalue weighted by Gasteiger charge is 2.56. The molecule has 1 amide bonds. The van der Waals surface area contributed by atoms with E-state index in [2.05, 4.69) is 48.2 Å². The molecule has 1 unspecified atom stereocenters. The molecule has 1 fully saturated rings. The maximum absolute atomic E-state index is 13.4. The predicted octanol–water partition coefficient (Wildman–Crippen LogP) is 2.57. The molecule has 0 bridgehead atoms. The Bertz CT molecular complexity index is 1530. The van der Waals surface area contributed by atoms with Crippen LogP contribution in [0.5, 0.6) is 0 Å². The molecule has 2 aromatic heterocycles. The molecule has 1 aliphatic rings. The first kappa shape index (κ1) is 26.8. The van der Waals surface area contributed by atoms with Gasteiger partial charge in [-0.25, -0.2) is 9.67 Å². The number of halogens is 2. The zero-order chi connectivity index (χ0) is 27.6. The first-order chi connectivity index (χ1) is 18.8. The largest absolute Gasteiger partial charge is 0.358 e. The summed E-state index contributed by atoms with van der Waals surface area (Å²) < 4.78 is 2.68. The third kappa shape index (κ3) is 5.95. The lowest BCUT2D eigenvalue weighted by molar-refractivity contribution is -0.121. The molecule has 0 aliphatic heterocycles. The summed E-state index contributed by atoms with van der Waals surface area (Å²) in [5, 5.41) is 18.0. The zero-order valence-electron chi connectivity index (χ0n) is 21.4. The van der Waals surface area contributed by atoms with Gasteiger partial charge in [-0.15, -0.1) is 5.10 Å². The fourth-order valence-electron chi connectivity index (χ4n) is 4.81. The number of aromatic nitrogens is 6. The Kier molecular flexibility index (Phi) is 7.65. The van der Waals surface area contributed by atoms with E-state index < -0.39 is 11.5 Å². The molecule has 5 rings (SSSR count). The monoisotopic (exact) mass is 567 g/mol. The topological polar surface area (TPSA) is 123 Å². The van der Waals surface area contributed by atoms with Crippen LogP contribution in [0.3, 0.4) is 0 Å². The zero-order valence-corrected chi connectivity index (χ0v) is 22.9. The van der Waals surface area contributed by atoms with Gasteiger partial charge in [0.1, 0.15) is 18.0 Å². The van der Waals surface area contributed by atoms with Gasteiger partial charge in [-0.2, -0.15) is 0 Å². The summed E-state index contributed by atoms with van der Waals surface area (Å²) >= 11 is 12.5. The third-order valence-electron chi connectivity index (χ3n) is 6.81. The highest BCUT2D eigenvalue weighted by atomic mass is 35.5. The fraction of sp³-hybridized carbons (Fsp3) is 0.308. The lowest BCUT2D eigenvalue weighted by Crippen LogP contribution is -2.39. The van der Waals surface area contributed by atoms with Crippen molar-refractivity contribution >= 4 is 34.9 Å². The highest BCUT2D eigenvalue weighted by molar-refractivity contribution is 6.30. The van der Waals surface area contributed by atoms with E-state index in [1.165, 1.54) is 21.8 Å². The summed E-state index contributed by atoms with van der Waals surface area (Å²) in [5.41, 5.74) is 1.70. The van der Waals surface area contributed by atoms with Gasteiger partial charge < -0.3 is 15.5 Å². The van der Waals surface area contributed by atoms with Crippen molar-refractivity contribution < 1.29 is 4.79 Å². The number of nitrogens with zero attached hydrogens (tertiary/aromatic N) is 7. The molecule has 202 valence electrons. The number of hydrogen-bond acceptors (Lipinski definition) is 8. The van der Waals surface area contributed by atoms with Crippen LogP contribution in [0.4, 0.5) is 5.82 Å². The quantitative estimate of drug-likeness (QED) is 0.300.